The number of rotatable bonds is 3. The molecule has 0 unspecified atom stereocenters. The normalized spacial score (nSPS) is 34.8. The number of hydrogen-bond acceptors (Lipinski definition) is 3. The summed E-state index contributed by atoms with van der Waals surface area (Å²) in [5.74, 6) is 0. The molecule has 0 amide bonds. The van der Waals surface area contributed by atoms with E-state index in [0.717, 1.165) is 19.6 Å². The molecule has 0 aromatic rings. The van der Waals surface area contributed by atoms with E-state index in [1.54, 1.807) is 0 Å². The van der Waals surface area contributed by atoms with Crippen molar-refractivity contribution in [2.24, 2.45) is 0 Å². The summed E-state index contributed by atoms with van der Waals surface area (Å²) in [6.45, 7) is 3.49. The van der Waals surface area contributed by atoms with Crippen LogP contribution >= 0.6 is 0 Å². The third kappa shape index (κ3) is 2.03. The molecule has 2 atom stereocenters. The summed E-state index contributed by atoms with van der Waals surface area (Å²) >= 11 is 0. The van der Waals surface area contributed by atoms with Gasteiger partial charge in [-0.15, -0.1) is 0 Å². The molecule has 0 aromatic heterocycles. The van der Waals surface area contributed by atoms with Crippen LogP contribution in [0.3, 0.4) is 0 Å². The van der Waals surface area contributed by atoms with Crippen LogP contribution in [0.5, 0.6) is 0 Å². The number of fused-ring (bicyclic) bond motifs is 1. The minimum Gasteiger partial charge on any atom is -0.396 e. The van der Waals surface area contributed by atoms with Crippen LogP contribution in [0.4, 0.5) is 0 Å². The third-order valence-corrected chi connectivity index (χ3v) is 3.18. The summed E-state index contributed by atoms with van der Waals surface area (Å²) in [6, 6.07) is 0.653. The molecule has 3 heteroatoms. The van der Waals surface area contributed by atoms with Crippen molar-refractivity contribution in [2.45, 2.75) is 37.8 Å². The molecule has 2 rings (SSSR count). The summed E-state index contributed by atoms with van der Waals surface area (Å²) in [4.78, 5) is 2.50. The van der Waals surface area contributed by atoms with Crippen LogP contribution in [0.1, 0.15) is 25.7 Å². The van der Waals surface area contributed by atoms with Gasteiger partial charge in [-0.05, 0) is 32.2 Å². The van der Waals surface area contributed by atoms with Crippen LogP contribution < -0.4 is 0 Å². The molecule has 76 valence electrons. The quantitative estimate of drug-likeness (QED) is 0.699. The maximum atomic E-state index is 8.78. The number of likely N-dealkylation sites (tertiary alicyclic amines) is 1. The van der Waals surface area contributed by atoms with Crippen molar-refractivity contribution < 1.29 is 9.84 Å². The molecule has 2 saturated heterocycles. The highest BCUT2D eigenvalue weighted by Gasteiger charge is 2.35. The molecular formula is C10H19NO2. The number of aliphatic hydroxyl groups is 1. The fourth-order valence-electron chi connectivity index (χ4n) is 2.54. The minimum atomic E-state index is 0.314. The molecule has 2 aliphatic rings. The average Bonchev–Trinajstić information content (AvgIpc) is 2.62. The molecule has 3 nitrogen and oxygen atoms in total. The number of nitrogens with zero attached hydrogens (tertiary/aromatic N) is 1. The number of aliphatic hydroxyl groups excluding tert-OH is 1. The molecule has 2 aliphatic heterocycles. The molecule has 0 radical (unpaired) electrons. The van der Waals surface area contributed by atoms with E-state index < -0.39 is 0 Å². The van der Waals surface area contributed by atoms with Crippen molar-refractivity contribution in [1.82, 2.24) is 4.90 Å². The third-order valence-electron chi connectivity index (χ3n) is 3.18. The van der Waals surface area contributed by atoms with Crippen LogP contribution in [0.25, 0.3) is 0 Å². The summed E-state index contributed by atoms with van der Waals surface area (Å²) in [6.07, 6.45) is 5.08. The van der Waals surface area contributed by atoms with Gasteiger partial charge in [0.15, 0.2) is 0 Å². The highest BCUT2D eigenvalue weighted by atomic mass is 16.5. The van der Waals surface area contributed by atoms with Crippen molar-refractivity contribution in [1.29, 1.82) is 0 Å². The molecule has 0 aromatic carbocycles. The predicted molar refractivity (Wildman–Crippen MR) is 50.7 cm³/mol. The second-order valence-electron chi connectivity index (χ2n) is 4.02. The first kappa shape index (κ1) is 9.44. The summed E-state index contributed by atoms with van der Waals surface area (Å²) in [7, 11) is 0. The first-order valence-electron chi connectivity index (χ1n) is 5.38. The van der Waals surface area contributed by atoms with Gasteiger partial charge in [-0.2, -0.15) is 0 Å². The Kier molecular flexibility index (Phi) is 3.19. The summed E-state index contributed by atoms with van der Waals surface area (Å²) in [5.41, 5.74) is 0. The van der Waals surface area contributed by atoms with Crippen LogP contribution in [0, 0.1) is 0 Å². The second-order valence-corrected chi connectivity index (χ2v) is 4.02. The van der Waals surface area contributed by atoms with Gasteiger partial charge in [-0.3, -0.25) is 4.90 Å². The van der Waals surface area contributed by atoms with E-state index in [1.165, 1.54) is 25.8 Å². The topological polar surface area (TPSA) is 32.7 Å². The Morgan fingerprint density at radius 1 is 1.38 bits per heavy atom. The monoisotopic (exact) mass is 185 g/mol. The van der Waals surface area contributed by atoms with Gasteiger partial charge in [0.1, 0.15) is 0 Å². The number of hydrogen-bond donors (Lipinski definition) is 1. The zero-order valence-electron chi connectivity index (χ0n) is 8.11. The van der Waals surface area contributed by atoms with Crippen molar-refractivity contribution in [3.8, 4) is 0 Å². The number of ether oxygens (including phenoxy) is 1. The molecule has 2 fully saturated rings. The van der Waals surface area contributed by atoms with Gasteiger partial charge in [-0.25, -0.2) is 0 Å². The maximum absolute atomic E-state index is 8.78. The zero-order chi connectivity index (χ0) is 9.10. The Bertz CT molecular complexity index is 163. The smallest absolute Gasteiger partial charge is 0.0731 e. The Morgan fingerprint density at radius 2 is 2.31 bits per heavy atom. The molecule has 0 saturated carbocycles. The van der Waals surface area contributed by atoms with E-state index in [9.17, 15) is 0 Å². The molecule has 0 bridgehead atoms. The fraction of sp³-hybridized carbons (Fsp3) is 1.00. The average molecular weight is 185 g/mol. The SMILES string of the molecule is OCCCN1CCC[C@H]2OCC[C@H]21. The molecular weight excluding hydrogens is 166 g/mol. The van der Waals surface area contributed by atoms with Gasteiger partial charge in [0.05, 0.1) is 6.10 Å². The Morgan fingerprint density at radius 3 is 3.15 bits per heavy atom. The Labute approximate surface area is 79.7 Å². The molecule has 0 spiro atoms. The van der Waals surface area contributed by atoms with Crippen molar-refractivity contribution in [2.75, 3.05) is 26.3 Å². The number of piperidine rings is 1. The van der Waals surface area contributed by atoms with Gasteiger partial charge in [0.25, 0.3) is 0 Å². The standard InChI is InChI=1S/C10H19NO2/c12-7-2-6-11-5-1-3-10-9(11)4-8-13-10/h9-10,12H,1-8H2/t9-,10-/m1/s1. The van der Waals surface area contributed by atoms with Crippen molar-refractivity contribution in [3.05, 3.63) is 0 Å². The molecule has 0 aliphatic carbocycles. The predicted octanol–water partition coefficient (Wildman–Crippen LogP) is 0.622. The minimum absolute atomic E-state index is 0.314. The van der Waals surface area contributed by atoms with E-state index >= 15 is 0 Å². The van der Waals surface area contributed by atoms with Crippen LogP contribution in [0.2, 0.25) is 0 Å². The lowest BCUT2D eigenvalue weighted by Gasteiger charge is -2.36. The zero-order valence-corrected chi connectivity index (χ0v) is 8.11. The first-order valence-corrected chi connectivity index (χ1v) is 5.38. The second kappa shape index (κ2) is 4.40. The molecule has 1 N–H and O–H groups in total. The highest BCUT2D eigenvalue weighted by molar-refractivity contribution is 4.88. The lowest BCUT2D eigenvalue weighted by Crippen LogP contribution is -2.46. The Balaban J connectivity index is 1.86. The van der Waals surface area contributed by atoms with Gasteiger partial charge < -0.3 is 9.84 Å². The van der Waals surface area contributed by atoms with Crippen LogP contribution in [-0.4, -0.2) is 48.5 Å². The lowest BCUT2D eigenvalue weighted by molar-refractivity contribution is 0.0244. The van der Waals surface area contributed by atoms with E-state index in [0.29, 0.717) is 18.8 Å². The van der Waals surface area contributed by atoms with Crippen molar-refractivity contribution in [3.63, 3.8) is 0 Å². The van der Waals surface area contributed by atoms with Gasteiger partial charge >= 0.3 is 0 Å². The molecule has 2 heterocycles. The van der Waals surface area contributed by atoms with E-state index in [2.05, 4.69) is 4.90 Å². The summed E-state index contributed by atoms with van der Waals surface area (Å²) in [5, 5.41) is 8.78. The van der Waals surface area contributed by atoms with E-state index in [1.807, 2.05) is 0 Å². The summed E-state index contributed by atoms with van der Waals surface area (Å²) < 4.78 is 5.66. The van der Waals surface area contributed by atoms with Crippen molar-refractivity contribution >= 4 is 0 Å². The van der Waals surface area contributed by atoms with E-state index in [4.69, 9.17) is 9.84 Å². The van der Waals surface area contributed by atoms with E-state index in [-0.39, 0.29) is 0 Å². The van der Waals surface area contributed by atoms with Crippen LogP contribution in [-0.2, 0) is 4.74 Å². The highest BCUT2D eigenvalue weighted by Crippen LogP contribution is 2.27. The maximum Gasteiger partial charge on any atom is 0.0731 e. The molecule has 13 heavy (non-hydrogen) atoms. The largest absolute Gasteiger partial charge is 0.396 e. The Hall–Kier alpha value is -0.120. The van der Waals surface area contributed by atoms with Gasteiger partial charge in [0.2, 0.25) is 0 Å². The lowest BCUT2D eigenvalue weighted by atomic mass is 9.98. The van der Waals surface area contributed by atoms with Gasteiger partial charge in [-0.1, -0.05) is 0 Å². The fourth-order valence-corrected chi connectivity index (χ4v) is 2.54. The van der Waals surface area contributed by atoms with Crippen LogP contribution in [0.15, 0.2) is 0 Å². The van der Waals surface area contributed by atoms with Gasteiger partial charge in [0, 0.05) is 25.8 Å². The first-order chi connectivity index (χ1) is 6.42.